The number of benzene rings is 1. The fourth-order valence-corrected chi connectivity index (χ4v) is 4.93. The number of hydrogen-bond acceptors (Lipinski definition) is 3. The van der Waals surface area contributed by atoms with Crippen LogP contribution in [0, 0.1) is 18.2 Å². The predicted molar refractivity (Wildman–Crippen MR) is 106 cm³/mol. The quantitative estimate of drug-likeness (QED) is 0.799. The van der Waals surface area contributed by atoms with Gasteiger partial charge in [-0.15, -0.1) is 0 Å². The average molecular weight is 371 g/mol. The van der Waals surface area contributed by atoms with Gasteiger partial charge < -0.3 is 0 Å². The van der Waals surface area contributed by atoms with Crippen LogP contribution in [0.3, 0.4) is 0 Å². The second-order valence-corrected chi connectivity index (χ2v) is 8.46. The molecular formula is C22H31FN4. The van der Waals surface area contributed by atoms with E-state index in [0.717, 1.165) is 57.1 Å². The molecule has 1 spiro atoms. The summed E-state index contributed by atoms with van der Waals surface area (Å²) in [6, 6.07) is 7.21. The van der Waals surface area contributed by atoms with E-state index in [4.69, 9.17) is 0 Å². The van der Waals surface area contributed by atoms with E-state index in [-0.39, 0.29) is 5.82 Å². The Morgan fingerprint density at radius 1 is 1.04 bits per heavy atom. The zero-order valence-corrected chi connectivity index (χ0v) is 16.6. The molecule has 4 rings (SSSR count). The summed E-state index contributed by atoms with van der Waals surface area (Å²) in [4.78, 5) is 5.06. The van der Waals surface area contributed by atoms with Gasteiger partial charge in [-0.1, -0.05) is 18.2 Å². The molecule has 0 saturated carbocycles. The topological polar surface area (TPSA) is 24.3 Å². The Kier molecular flexibility index (Phi) is 5.33. The van der Waals surface area contributed by atoms with Crippen LogP contribution in [0.4, 0.5) is 4.39 Å². The van der Waals surface area contributed by atoms with Gasteiger partial charge in [-0.05, 0) is 57.7 Å². The van der Waals surface area contributed by atoms with Gasteiger partial charge in [-0.2, -0.15) is 5.10 Å². The number of halogens is 1. The van der Waals surface area contributed by atoms with Gasteiger partial charge in [0.2, 0.25) is 0 Å². The summed E-state index contributed by atoms with van der Waals surface area (Å²) < 4.78 is 16.1. The molecular weight excluding hydrogens is 339 g/mol. The third-order valence-corrected chi connectivity index (χ3v) is 6.38. The number of piperidine rings is 1. The zero-order chi connectivity index (χ0) is 18.9. The highest BCUT2D eigenvalue weighted by atomic mass is 19.1. The lowest BCUT2D eigenvalue weighted by Gasteiger charge is -2.40. The van der Waals surface area contributed by atoms with Gasteiger partial charge in [0, 0.05) is 50.0 Å². The molecule has 2 aliphatic rings. The van der Waals surface area contributed by atoms with Gasteiger partial charge in [0.15, 0.2) is 0 Å². The third-order valence-electron chi connectivity index (χ3n) is 6.38. The van der Waals surface area contributed by atoms with Gasteiger partial charge in [-0.25, -0.2) is 4.39 Å². The Balaban J connectivity index is 1.39. The number of likely N-dealkylation sites (tertiary alicyclic amines) is 2. The molecule has 27 heavy (non-hydrogen) atoms. The van der Waals surface area contributed by atoms with Crippen LogP contribution in [0.1, 0.15) is 43.0 Å². The zero-order valence-electron chi connectivity index (χ0n) is 16.6. The SMILES string of the molecule is CCn1cc(CN2CC[C@]3(CCCN(Cc4ccccc4F)C3)C2)c(C)n1. The van der Waals surface area contributed by atoms with Crippen molar-refractivity contribution in [2.75, 3.05) is 26.2 Å². The van der Waals surface area contributed by atoms with Crippen LogP contribution in [0.15, 0.2) is 30.5 Å². The summed E-state index contributed by atoms with van der Waals surface area (Å²) in [6.07, 6.45) is 5.97. The van der Waals surface area contributed by atoms with E-state index in [0.29, 0.717) is 5.41 Å². The van der Waals surface area contributed by atoms with Crippen LogP contribution in [0.2, 0.25) is 0 Å². The molecule has 1 atom stereocenters. The largest absolute Gasteiger partial charge is 0.298 e. The van der Waals surface area contributed by atoms with Crippen LogP contribution >= 0.6 is 0 Å². The smallest absolute Gasteiger partial charge is 0.127 e. The fourth-order valence-electron chi connectivity index (χ4n) is 4.93. The molecule has 0 aliphatic carbocycles. The number of rotatable bonds is 5. The molecule has 2 fully saturated rings. The van der Waals surface area contributed by atoms with Crippen LogP contribution in [-0.4, -0.2) is 45.8 Å². The Morgan fingerprint density at radius 2 is 1.78 bits per heavy atom. The summed E-state index contributed by atoms with van der Waals surface area (Å²) >= 11 is 0. The summed E-state index contributed by atoms with van der Waals surface area (Å²) in [6.45, 7) is 11.4. The Labute approximate surface area is 162 Å². The van der Waals surface area contributed by atoms with Crippen molar-refractivity contribution in [2.45, 2.75) is 52.7 Å². The number of nitrogens with zero attached hydrogens (tertiary/aromatic N) is 4. The maximum Gasteiger partial charge on any atom is 0.127 e. The lowest BCUT2D eigenvalue weighted by Crippen LogP contribution is -2.44. The van der Waals surface area contributed by atoms with Crippen LogP contribution in [0.5, 0.6) is 0 Å². The first kappa shape index (κ1) is 18.6. The van der Waals surface area contributed by atoms with Gasteiger partial charge in [0.1, 0.15) is 5.82 Å². The Bertz CT molecular complexity index is 786. The maximum absolute atomic E-state index is 14.0. The van der Waals surface area contributed by atoms with E-state index < -0.39 is 0 Å². The van der Waals surface area contributed by atoms with Gasteiger partial charge in [0.25, 0.3) is 0 Å². The molecule has 0 unspecified atom stereocenters. The second-order valence-electron chi connectivity index (χ2n) is 8.46. The molecule has 4 nitrogen and oxygen atoms in total. The Morgan fingerprint density at radius 3 is 2.52 bits per heavy atom. The monoisotopic (exact) mass is 370 g/mol. The van der Waals surface area contributed by atoms with Gasteiger partial charge >= 0.3 is 0 Å². The number of hydrogen-bond donors (Lipinski definition) is 0. The first-order valence-electron chi connectivity index (χ1n) is 10.3. The predicted octanol–water partition coefficient (Wildman–Crippen LogP) is 3.84. The molecule has 0 amide bonds. The van der Waals surface area contributed by atoms with Crippen molar-refractivity contribution in [1.82, 2.24) is 19.6 Å². The van der Waals surface area contributed by atoms with E-state index in [2.05, 4.69) is 34.9 Å². The highest BCUT2D eigenvalue weighted by molar-refractivity contribution is 5.18. The molecule has 5 heteroatoms. The molecule has 2 aliphatic heterocycles. The second kappa shape index (κ2) is 7.72. The van der Waals surface area contributed by atoms with Gasteiger partial charge in [0.05, 0.1) is 5.69 Å². The van der Waals surface area contributed by atoms with Crippen molar-refractivity contribution in [1.29, 1.82) is 0 Å². The molecule has 0 bridgehead atoms. The van der Waals surface area contributed by atoms with Crippen LogP contribution in [-0.2, 0) is 19.6 Å². The molecule has 2 saturated heterocycles. The standard InChI is InChI=1S/C22H31FN4/c1-3-27-15-20(18(2)24-27)14-26-12-10-22(17-26)9-6-11-25(16-22)13-19-7-4-5-8-21(19)23/h4-5,7-8,15H,3,6,9-14,16-17H2,1-2H3/t22-/m0/s1. The van der Waals surface area contributed by atoms with E-state index in [1.807, 2.05) is 16.8 Å². The minimum Gasteiger partial charge on any atom is -0.298 e. The molecule has 1 aromatic carbocycles. The highest BCUT2D eigenvalue weighted by Gasteiger charge is 2.41. The molecule has 3 heterocycles. The average Bonchev–Trinajstić information content (AvgIpc) is 3.21. The van der Waals surface area contributed by atoms with Gasteiger partial charge in [-0.3, -0.25) is 14.5 Å². The summed E-state index contributed by atoms with van der Waals surface area (Å²) in [5, 5.41) is 4.59. The number of aryl methyl sites for hydroxylation is 2. The highest BCUT2D eigenvalue weighted by Crippen LogP contribution is 2.40. The summed E-state index contributed by atoms with van der Waals surface area (Å²) in [5.41, 5.74) is 3.71. The van der Waals surface area contributed by atoms with Crippen molar-refractivity contribution in [3.8, 4) is 0 Å². The molecule has 2 aromatic rings. The minimum atomic E-state index is -0.0754. The van der Waals surface area contributed by atoms with E-state index in [1.165, 1.54) is 24.8 Å². The van der Waals surface area contributed by atoms with E-state index in [1.54, 1.807) is 12.1 Å². The molecule has 1 aromatic heterocycles. The lowest BCUT2D eigenvalue weighted by molar-refractivity contribution is 0.0858. The fraction of sp³-hybridized carbons (Fsp3) is 0.591. The van der Waals surface area contributed by atoms with Crippen molar-refractivity contribution >= 4 is 0 Å². The molecule has 146 valence electrons. The molecule has 0 N–H and O–H groups in total. The van der Waals surface area contributed by atoms with Crippen LogP contribution < -0.4 is 0 Å². The molecule has 0 radical (unpaired) electrons. The van der Waals surface area contributed by atoms with Crippen molar-refractivity contribution in [2.24, 2.45) is 5.41 Å². The summed E-state index contributed by atoms with van der Waals surface area (Å²) in [5.74, 6) is -0.0754. The van der Waals surface area contributed by atoms with E-state index in [9.17, 15) is 4.39 Å². The summed E-state index contributed by atoms with van der Waals surface area (Å²) in [7, 11) is 0. The third kappa shape index (κ3) is 4.09. The van der Waals surface area contributed by atoms with Crippen molar-refractivity contribution in [3.05, 3.63) is 53.1 Å². The Hall–Kier alpha value is -1.72. The lowest BCUT2D eigenvalue weighted by atomic mass is 9.79. The number of aromatic nitrogens is 2. The maximum atomic E-state index is 14.0. The minimum absolute atomic E-state index is 0.0754. The first-order valence-corrected chi connectivity index (χ1v) is 10.3. The first-order chi connectivity index (χ1) is 13.1. The van der Waals surface area contributed by atoms with Crippen LogP contribution in [0.25, 0.3) is 0 Å². The van der Waals surface area contributed by atoms with Crippen molar-refractivity contribution < 1.29 is 4.39 Å². The van der Waals surface area contributed by atoms with Crippen molar-refractivity contribution in [3.63, 3.8) is 0 Å². The normalized spacial score (nSPS) is 24.1. The van der Waals surface area contributed by atoms with E-state index >= 15 is 0 Å².